The van der Waals surface area contributed by atoms with E-state index in [-0.39, 0.29) is 30.9 Å². The van der Waals surface area contributed by atoms with Gasteiger partial charge in [-0.3, -0.25) is 0 Å². The summed E-state index contributed by atoms with van der Waals surface area (Å²) in [6.45, 7) is 0. The predicted octanol–water partition coefficient (Wildman–Crippen LogP) is 11.6. The van der Waals surface area contributed by atoms with Gasteiger partial charge >= 0.3 is 0 Å². The van der Waals surface area contributed by atoms with Crippen LogP contribution in [0.3, 0.4) is 0 Å². The molecule has 0 saturated carbocycles. The number of para-hydroxylation sites is 1. The zero-order valence-corrected chi connectivity index (χ0v) is 20.6. The number of benzene rings is 7. The van der Waals surface area contributed by atoms with E-state index in [0.29, 0.717) is 11.3 Å². The van der Waals surface area contributed by atoms with Crippen LogP contribution in [0, 0.1) is 0 Å². The highest BCUT2D eigenvalue weighted by Crippen LogP contribution is 2.48. The number of rotatable bonds is 2. The molecular weight excluding hydrogens is 504 g/mol. The first-order valence-electron chi connectivity index (χ1n) is 22.8. The van der Waals surface area contributed by atoms with Gasteiger partial charge in [-0.25, -0.2) is 0 Å². The molecule has 0 saturated heterocycles. The average molecular weight is 549 g/mol. The minimum absolute atomic E-state index is 0.0960. The van der Waals surface area contributed by atoms with E-state index in [9.17, 15) is 11.0 Å². The lowest BCUT2D eigenvalue weighted by Gasteiger charge is -2.18. The Morgan fingerprint density at radius 1 is 0.450 bits per heavy atom. The van der Waals surface area contributed by atoms with E-state index in [1.807, 2.05) is 0 Å². The van der Waals surface area contributed by atoms with Crippen LogP contribution in [-0.2, 0) is 0 Å². The van der Waals surface area contributed by atoms with Crippen molar-refractivity contribution < 1.29 is 34.6 Å². The van der Waals surface area contributed by atoms with Crippen LogP contribution in [0.25, 0.3) is 85.9 Å². The Kier molecular flexibility index (Phi) is 1.99. The number of furan rings is 1. The maximum Gasteiger partial charge on any atom is 0.136 e. The van der Waals surface area contributed by atoms with E-state index in [4.69, 9.17) is 23.6 Å². The van der Waals surface area contributed by atoms with Gasteiger partial charge in [-0.05, 0) is 62.4 Å². The molecule has 0 amide bonds. The molecule has 0 N–H and O–H groups in total. The smallest absolute Gasteiger partial charge is 0.136 e. The van der Waals surface area contributed by atoms with E-state index < -0.39 is 188 Å². The summed E-state index contributed by atoms with van der Waals surface area (Å²) in [6.07, 6.45) is 0. The molecule has 40 heavy (non-hydrogen) atoms. The second-order valence-corrected chi connectivity index (χ2v) is 9.79. The zero-order valence-electron chi connectivity index (χ0n) is 41.8. The monoisotopic (exact) mass is 548 g/mol. The minimum atomic E-state index is -0.878. The van der Waals surface area contributed by atoms with Gasteiger partial charge in [-0.2, -0.15) is 0 Å². The largest absolute Gasteiger partial charge is 0.456 e. The molecule has 9 aromatic rings. The second kappa shape index (κ2) is 8.29. The van der Waals surface area contributed by atoms with Crippen molar-refractivity contribution >= 4 is 75.0 Å². The first kappa shape index (κ1) is 9.62. The van der Waals surface area contributed by atoms with Gasteiger partial charge < -0.3 is 4.42 Å². The van der Waals surface area contributed by atoms with Gasteiger partial charge in [0.2, 0.25) is 0 Å². The van der Waals surface area contributed by atoms with Crippen molar-refractivity contribution in [3.63, 3.8) is 0 Å². The fraction of sp³-hybridized carbons (Fsp3) is 0. The van der Waals surface area contributed by atoms with Crippen LogP contribution in [0.1, 0.15) is 30.2 Å². The minimum Gasteiger partial charge on any atom is -0.456 e. The van der Waals surface area contributed by atoms with Crippen LogP contribution in [-0.4, -0.2) is 0 Å². The molecule has 0 aliphatic heterocycles. The van der Waals surface area contributed by atoms with Crippen molar-refractivity contribution in [2.24, 2.45) is 0 Å². The van der Waals surface area contributed by atoms with E-state index >= 15 is 0 Å². The van der Waals surface area contributed by atoms with E-state index in [1.54, 1.807) is 0 Å². The predicted molar refractivity (Wildman–Crippen MR) is 172 cm³/mol. The second-order valence-electron chi connectivity index (χ2n) is 8.77. The molecule has 0 atom stereocenters. The molecule has 0 radical (unpaired) electrons. The normalized spacial score (nSPS) is 19.7. The zero-order chi connectivity index (χ0) is 45.4. The van der Waals surface area contributed by atoms with Crippen LogP contribution >= 0.6 is 11.3 Å². The molecule has 7 aromatic carbocycles. The molecule has 9 rings (SSSR count). The van der Waals surface area contributed by atoms with Crippen molar-refractivity contribution in [3.8, 4) is 22.3 Å². The Balaban J connectivity index is 1.63. The first-order chi connectivity index (χ1) is 29.0. The summed E-state index contributed by atoms with van der Waals surface area (Å²) in [5.41, 5.74) is -3.09. The maximum absolute atomic E-state index is 9.50. The van der Waals surface area contributed by atoms with E-state index in [1.165, 1.54) is 0 Å². The third kappa shape index (κ3) is 3.03. The molecule has 0 bridgehead atoms. The topological polar surface area (TPSA) is 13.1 Å². The van der Waals surface area contributed by atoms with Gasteiger partial charge in [0, 0.05) is 36.5 Å². The Hall–Kier alpha value is -4.92. The van der Waals surface area contributed by atoms with Crippen LogP contribution in [0.15, 0.2) is 137 Å². The summed E-state index contributed by atoms with van der Waals surface area (Å²) < 4.78 is 201. The van der Waals surface area contributed by atoms with Gasteiger partial charge in [0.25, 0.3) is 0 Å². The third-order valence-corrected chi connectivity index (χ3v) is 7.82. The summed E-state index contributed by atoms with van der Waals surface area (Å²) >= 11 is 0.678. The van der Waals surface area contributed by atoms with Crippen molar-refractivity contribution in [1.29, 1.82) is 0 Å². The molecule has 2 aromatic heterocycles. The van der Waals surface area contributed by atoms with Gasteiger partial charge in [-0.1, -0.05) is 109 Å². The number of hydrogen-bond acceptors (Lipinski definition) is 2. The quantitative estimate of drug-likeness (QED) is 0.196. The van der Waals surface area contributed by atoms with Crippen molar-refractivity contribution in [2.45, 2.75) is 0 Å². The molecule has 0 fully saturated rings. The van der Waals surface area contributed by atoms with Crippen molar-refractivity contribution in [2.75, 3.05) is 0 Å². The Morgan fingerprint density at radius 3 is 1.77 bits per heavy atom. The SMILES string of the molecule is [2H]c1c([2H])c([2H])c2c(oc3c([2H])c(-c4c5c([2H])c([2H])c([2H])c([2H])c5c(-c5c([2H])c([2H])c([2H])c6c5sc5c([2H])c([2H])c([2H])c([2H])c56)c5c([2H])c([2H])c([2H])c([2H])c45)c([2H])c([2H])c32)c1[2H]. The standard InChI is InChI=1S/C38H22OS/c1-3-14-29-27(12-1)36(23-20-21-25-24-10-5-7-18-33(24)39-34(25)22-23)28-13-2-4-15-30(28)37(29)32-17-9-16-31-26-11-6-8-19-35(26)40-38(31)32/h1-22H/i1D,2D,3D,4D,5D,6D,7D,8D,9D,10D,11D,12D,13D,14D,15D,16D,17D,18D,19D,20D,21D,22D. The van der Waals surface area contributed by atoms with Gasteiger partial charge in [0.05, 0.1) is 30.2 Å². The molecule has 1 nitrogen and oxygen atoms in total. The summed E-state index contributed by atoms with van der Waals surface area (Å²) in [4.78, 5) is 0. The van der Waals surface area contributed by atoms with E-state index in [2.05, 4.69) is 0 Å². The molecule has 0 aliphatic rings. The van der Waals surface area contributed by atoms with Crippen LogP contribution < -0.4 is 0 Å². The summed E-state index contributed by atoms with van der Waals surface area (Å²) in [7, 11) is 0. The van der Waals surface area contributed by atoms with Gasteiger partial charge in [0.15, 0.2) is 0 Å². The van der Waals surface area contributed by atoms with Crippen LogP contribution in [0.4, 0.5) is 0 Å². The van der Waals surface area contributed by atoms with Crippen LogP contribution in [0.2, 0.25) is 0 Å². The number of thiophene rings is 1. The number of fused-ring (bicyclic) bond motifs is 8. The molecule has 2 heterocycles. The maximum atomic E-state index is 9.50. The van der Waals surface area contributed by atoms with Crippen molar-refractivity contribution in [3.05, 3.63) is 133 Å². The molecule has 0 aliphatic carbocycles. The summed E-state index contributed by atoms with van der Waals surface area (Å²) in [5.74, 6) is 0. The Bertz CT molecular complexity index is 3580. The fourth-order valence-corrected chi connectivity index (χ4v) is 6.12. The Labute approximate surface area is 265 Å². The highest BCUT2D eigenvalue weighted by atomic mass is 32.1. The summed E-state index contributed by atoms with van der Waals surface area (Å²) in [6, 6.07) is -16.6. The lowest BCUT2D eigenvalue weighted by molar-refractivity contribution is 0.669. The molecule has 0 spiro atoms. The van der Waals surface area contributed by atoms with Gasteiger partial charge in [-0.15, -0.1) is 11.3 Å². The molecule has 0 unspecified atom stereocenters. The summed E-state index contributed by atoms with van der Waals surface area (Å²) in [5, 5.41) is -3.31. The fourth-order valence-electron chi connectivity index (χ4n) is 5.05. The highest BCUT2D eigenvalue weighted by molar-refractivity contribution is 7.26. The average Bonchev–Trinajstić information content (AvgIpc) is 3.85. The lowest BCUT2D eigenvalue weighted by Crippen LogP contribution is -1.91. The van der Waals surface area contributed by atoms with Gasteiger partial charge in [0.1, 0.15) is 11.2 Å². The third-order valence-electron chi connectivity index (χ3n) is 6.70. The Morgan fingerprint density at radius 2 is 1.02 bits per heavy atom. The molecule has 186 valence electrons. The molecular formula is C38H22OS. The lowest BCUT2D eigenvalue weighted by atomic mass is 9.85. The number of hydrogen-bond donors (Lipinski definition) is 0. The molecule has 2 heteroatoms. The van der Waals surface area contributed by atoms with Crippen LogP contribution in [0.5, 0.6) is 0 Å². The highest BCUT2D eigenvalue weighted by Gasteiger charge is 2.19. The van der Waals surface area contributed by atoms with E-state index in [0.717, 1.165) is 0 Å². The first-order valence-corrected chi connectivity index (χ1v) is 12.6. The van der Waals surface area contributed by atoms with Crippen molar-refractivity contribution in [1.82, 2.24) is 0 Å².